The molecule has 0 saturated carbocycles. The maximum atomic E-state index is 12.0. The van der Waals surface area contributed by atoms with Crippen molar-refractivity contribution in [3.63, 3.8) is 0 Å². The summed E-state index contributed by atoms with van der Waals surface area (Å²) in [7, 11) is 0. The first-order chi connectivity index (χ1) is 11.2. The summed E-state index contributed by atoms with van der Waals surface area (Å²) in [6, 6.07) is 17.0. The number of urea groups is 1. The van der Waals surface area contributed by atoms with Crippen LogP contribution >= 0.6 is 0 Å². The zero-order valence-corrected chi connectivity index (χ0v) is 12.8. The molecule has 0 bridgehead atoms. The molecular weight excluding hydrogens is 292 g/mol. The van der Waals surface area contributed by atoms with Gasteiger partial charge in [0, 0.05) is 18.8 Å². The van der Waals surface area contributed by atoms with E-state index in [0.717, 1.165) is 17.0 Å². The molecule has 1 aliphatic heterocycles. The number of likely N-dealkylation sites (tertiary alicyclic amines) is 1. The summed E-state index contributed by atoms with van der Waals surface area (Å²) in [5, 5.41) is 12.3. The number of carbonyl (C=O) groups is 1. The van der Waals surface area contributed by atoms with E-state index in [1.807, 2.05) is 54.6 Å². The average molecular weight is 312 g/mol. The van der Waals surface area contributed by atoms with Crippen LogP contribution in [0.2, 0.25) is 0 Å². The van der Waals surface area contributed by atoms with Gasteiger partial charge in [0.1, 0.15) is 12.4 Å². The van der Waals surface area contributed by atoms with Gasteiger partial charge in [-0.25, -0.2) is 4.79 Å². The van der Waals surface area contributed by atoms with E-state index < -0.39 is 6.10 Å². The highest BCUT2D eigenvalue weighted by Crippen LogP contribution is 2.16. The number of hydrogen-bond donors (Lipinski definition) is 2. The zero-order valence-electron chi connectivity index (χ0n) is 12.8. The van der Waals surface area contributed by atoms with Crippen molar-refractivity contribution in [3.05, 3.63) is 60.2 Å². The molecule has 2 N–H and O–H groups in total. The Morgan fingerprint density at radius 1 is 1.17 bits per heavy atom. The summed E-state index contributed by atoms with van der Waals surface area (Å²) in [5.41, 5.74) is 1.77. The molecule has 0 aromatic heterocycles. The molecule has 2 amide bonds. The van der Waals surface area contributed by atoms with Gasteiger partial charge >= 0.3 is 6.03 Å². The van der Waals surface area contributed by atoms with Crippen LogP contribution in [0.5, 0.6) is 5.75 Å². The zero-order chi connectivity index (χ0) is 16.1. The SMILES string of the molecule is O=C(Nc1ccc(COc2ccccc2)cc1)N1CC[C@@H](O)C1. The molecule has 120 valence electrons. The van der Waals surface area contributed by atoms with Gasteiger partial charge in [-0.2, -0.15) is 0 Å². The third kappa shape index (κ3) is 4.23. The predicted molar refractivity (Wildman–Crippen MR) is 88.4 cm³/mol. The summed E-state index contributed by atoms with van der Waals surface area (Å²) in [6.45, 7) is 1.47. The number of rotatable bonds is 4. The molecule has 0 unspecified atom stereocenters. The average Bonchev–Trinajstić information content (AvgIpc) is 3.02. The lowest BCUT2D eigenvalue weighted by atomic mass is 10.2. The number of benzene rings is 2. The first-order valence-corrected chi connectivity index (χ1v) is 7.71. The van der Waals surface area contributed by atoms with Crippen LogP contribution in [-0.4, -0.2) is 35.2 Å². The van der Waals surface area contributed by atoms with Crippen LogP contribution in [0, 0.1) is 0 Å². The predicted octanol–water partition coefficient (Wildman–Crippen LogP) is 2.86. The Hall–Kier alpha value is -2.53. The van der Waals surface area contributed by atoms with Crippen LogP contribution < -0.4 is 10.1 Å². The number of para-hydroxylation sites is 1. The van der Waals surface area contributed by atoms with Gasteiger partial charge in [-0.05, 0) is 36.2 Å². The van der Waals surface area contributed by atoms with E-state index in [-0.39, 0.29) is 6.03 Å². The van der Waals surface area contributed by atoms with Crippen molar-refractivity contribution in [2.24, 2.45) is 0 Å². The Morgan fingerprint density at radius 2 is 1.91 bits per heavy atom. The molecule has 0 aliphatic carbocycles. The van der Waals surface area contributed by atoms with Gasteiger partial charge in [0.05, 0.1) is 6.10 Å². The largest absolute Gasteiger partial charge is 0.489 e. The fraction of sp³-hybridized carbons (Fsp3) is 0.278. The fourth-order valence-electron chi connectivity index (χ4n) is 2.50. The number of hydrogen-bond acceptors (Lipinski definition) is 3. The number of β-amino-alcohol motifs (C(OH)–C–C–N with tert-alkyl or cyclic N) is 1. The van der Waals surface area contributed by atoms with Crippen molar-refractivity contribution in [1.82, 2.24) is 4.90 Å². The van der Waals surface area contributed by atoms with Gasteiger partial charge < -0.3 is 20.1 Å². The van der Waals surface area contributed by atoms with E-state index in [4.69, 9.17) is 4.74 Å². The lowest BCUT2D eigenvalue weighted by molar-refractivity contribution is 0.176. The molecule has 1 saturated heterocycles. The highest BCUT2D eigenvalue weighted by atomic mass is 16.5. The minimum absolute atomic E-state index is 0.171. The monoisotopic (exact) mass is 312 g/mol. The minimum atomic E-state index is -0.404. The molecule has 2 aromatic rings. The molecule has 23 heavy (non-hydrogen) atoms. The summed E-state index contributed by atoms with van der Waals surface area (Å²) in [5.74, 6) is 0.831. The second kappa shape index (κ2) is 7.15. The molecule has 2 aromatic carbocycles. The number of aliphatic hydroxyl groups excluding tert-OH is 1. The second-order valence-electron chi connectivity index (χ2n) is 5.62. The first-order valence-electron chi connectivity index (χ1n) is 7.71. The molecule has 1 heterocycles. The van der Waals surface area contributed by atoms with Crippen LogP contribution in [0.1, 0.15) is 12.0 Å². The van der Waals surface area contributed by atoms with Gasteiger partial charge in [0.2, 0.25) is 0 Å². The molecular formula is C18H20N2O3. The highest BCUT2D eigenvalue weighted by Gasteiger charge is 2.24. The number of aliphatic hydroxyl groups is 1. The molecule has 0 radical (unpaired) electrons. The Bertz CT molecular complexity index is 643. The van der Waals surface area contributed by atoms with Crippen LogP contribution in [0.3, 0.4) is 0 Å². The number of carbonyl (C=O) groups excluding carboxylic acids is 1. The van der Waals surface area contributed by atoms with Crippen LogP contribution in [0.25, 0.3) is 0 Å². The molecule has 5 heteroatoms. The Kier molecular flexibility index (Phi) is 4.78. The molecule has 5 nitrogen and oxygen atoms in total. The molecule has 1 atom stereocenters. The third-order valence-corrected chi connectivity index (χ3v) is 3.80. The fourth-order valence-corrected chi connectivity index (χ4v) is 2.50. The van der Waals surface area contributed by atoms with Gasteiger partial charge in [-0.1, -0.05) is 30.3 Å². The normalized spacial score (nSPS) is 17.1. The van der Waals surface area contributed by atoms with Crippen molar-refractivity contribution in [3.8, 4) is 5.75 Å². The van der Waals surface area contributed by atoms with E-state index in [0.29, 0.717) is 26.1 Å². The van der Waals surface area contributed by atoms with E-state index in [2.05, 4.69) is 5.32 Å². The number of nitrogens with one attached hydrogen (secondary N) is 1. The van der Waals surface area contributed by atoms with Gasteiger partial charge in [0.25, 0.3) is 0 Å². The van der Waals surface area contributed by atoms with Crippen molar-refractivity contribution in [1.29, 1.82) is 0 Å². The van der Waals surface area contributed by atoms with E-state index in [9.17, 15) is 9.90 Å². The minimum Gasteiger partial charge on any atom is -0.489 e. The lowest BCUT2D eigenvalue weighted by Crippen LogP contribution is -2.33. The first kappa shape index (κ1) is 15.4. The second-order valence-corrected chi connectivity index (χ2v) is 5.62. The van der Waals surface area contributed by atoms with E-state index in [1.54, 1.807) is 4.90 Å². The topological polar surface area (TPSA) is 61.8 Å². The van der Waals surface area contributed by atoms with E-state index in [1.165, 1.54) is 0 Å². The Labute approximate surface area is 135 Å². The smallest absolute Gasteiger partial charge is 0.321 e. The Balaban J connectivity index is 1.51. The van der Waals surface area contributed by atoms with Crippen LogP contribution in [0.15, 0.2) is 54.6 Å². The standard InChI is InChI=1S/C18H20N2O3/c21-16-10-11-20(12-16)18(22)19-15-8-6-14(7-9-15)13-23-17-4-2-1-3-5-17/h1-9,16,21H,10-13H2,(H,19,22)/t16-/m1/s1. The van der Waals surface area contributed by atoms with Gasteiger partial charge in [-0.15, -0.1) is 0 Å². The molecule has 0 spiro atoms. The van der Waals surface area contributed by atoms with E-state index >= 15 is 0 Å². The van der Waals surface area contributed by atoms with Crippen molar-refractivity contribution < 1.29 is 14.6 Å². The number of anilines is 1. The third-order valence-electron chi connectivity index (χ3n) is 3.80. The number of nitrogens with zero attached hydrogens (tertiary/aromatic N) is 1. The number of ether oxygens (including phenoxy) is 1. The summed E-state index contributed by atoms with van der Waals surface area (Å²) in [4.78, 5) is 13.7. The van der Waals surface area contributed by atoms with Gasteiger partial charge in [-0.3, -0.25) is 0 Å². The lowest BCUT2D eigenvalue weighted by Gasteiger charge is -2.16. The molecule has 1 fully saturated rings. The maximum absolute atomic E-state index is 12.0. The summed E-state index contributed by atoms with van der Waals surface area (Å²) in [6.07, 6.45) is 0.238. The Morgan fingerprint density at radius 3 is 2.57 bits per heavy atom. The van der Waals surface area contributed by atoms with Gasteiger partial charge in [0.15, 0.2) is 0 Å². The molecule has 1 aliphatic rings. The maximum Gasteiger partial charge on any atom is 0.321 e. The number of amides is 2. The van der Waals surface area contributed by atoms with Crippen molar-refractivity contribution in [2.45, 2.75) is 19.1 Å². The van der Waals surface area contributed by atoms with Crippen molar-refractivity contribution in [2.75, 3.05) is 18.4 Å². The summed E-state index contributed by atoms with van der Waals surface area (Å²) < 4.78 is 5.68. The van der Waals surface area contributed by atoms with Crippen molar-refractivity contribution >= 4 is 11.7 Å². The highest BCUT2D eigenvalue weighted by molar-refractivity contribution is 5.89. The molecule has 3 rings (SSSR count). The van der Waals surface area contributed by atoms with Crippen LogP contribution in [0.4, 0.5) is 10.5 Å². The summed E-state index contributed by atoms with van der Waals surface area (Å²) >= 11 is 0. The van der Waals surface area contributed by atoms with Crippen LogP contribution in [-0.2, 0) is 6.61 Å². The quantitative estimate of drug-likeness (QED) is 0.912.